The van der Waals surface area contributed by atoms with Crippen molar-refractivity contribution in [3.63, 3.8) is 0 Å². The van der Waals surface area contributed by atoms with Gasteiger partial charge in [0, 0.05) is 41.0 Å². The van der Waals surface area contributed by atoms with Gasteiger partial charge in [-0.15, -0.1) is 11.3 Å². The predicted molar refractivity (Wildman–Crippen MR) is 137 cm³/mol. The Morgan fingerprint density at radius 2 is 1.77 bits per heavy atom. The molecule has 0 bridgehead atoms. The van der Waals surface area contributed by atoms with Crippen molar-refractivity contribution < 1.29 is 14.3 Å². The summed E-state index contributed by atoms with van der Waals surface area (Å²) in [5.74, 6) is -0.213. The second-order valence-electron chi connectivity index (χ2n) is 7.49. The summed E-state index contributed by atoms with van der Waals surface area (Å²) in [6.45, 7) is 0.637. The molecule has 2 heterocycles. The van der Waals surface area contributed by atoms with Gasteiger partial charge in [-0.05, 0) is 47.5 Å². The molecule has 0 atom stereocenters. The second-order valence-corrected chi connectivity index (χ2v) is 8.35. The fourth-order valence-electron chi connectivity index (χ4n) is 3.21. The molecule has 0 fully saturated rings. The Morgan fingerprint density at radius 1 is 1.00 bits per heavy atom. The van der Waals surface area contributed by atoms with E-state index in [9.17, 15) is 9.59 Å². The highest BCUT2D eigenvalue weighted by molar-refractivity contribution is 7.14. The van der Waals surface area contributed by atoms with Crippen LogP contribution in [0.5, 0.6) is 5.88 Å². The number of hydrogen-bond donors (Lipinski definition) is 4. The molecular weight excluding hydrogens is 464 g/mol. The summed E-state index contributed by atoms with van der Waals surface area (Å²) in [6.07, 6.45) is 1.69. The highest BCUT2D eigenvalue weighted by Crippen LogP contribution is 2.29. The van der Waals surface area contributed by atoms with Crippen molar-refractivity contribution in [3.05, 3.63) is 77.8 Å². The summed E-state index contributed by atoms with van der Waals surface area (Å²) in [7, 11) is 0. The highest BCUT2D eigenvalue weighted by atomic mass is 32.1. The lowest BCUT2D eigenvalue weighted by Gasteiger charge is -2.07. The number of ether oxygens (including phenoxy) is 1. The van der Waals surface area contributed by atoms with Crippen LogP contribution in [-0.4, -0.2) is 41.5 Å². The van der Waals surface area contributed by atoms with Gasteiger partial charge in [0.2, 0.25) is 11.8 Å². The zero-order valence-corrected chi connectivity index (χ0v) is 19.5. The molecule has 0 saturated heterocycles. The molecule has 4 aromatic rings. The summed E-state index contributed by atoms with van der Waals surface area (Å²) in [5, 5.41) is 7.61. The maximum Gasteiger partial charge on any atom is 0.251 e. The summed E-state index contributed by atoms with van der Waals surface area (Å²) < 4.78 is 5.52. The van der Waals surface area contributed by atoms with E-state index in [2.05, 4.69) is 20.6 Å². The number of aromatic nitrogens is 2. The number of anilines is 2. The molecule has 10 heteroatoms. The molecule has 0 spiro atoms. The van der Waals surface area contributed by atoms with E-state index in [-0.39, 0.29) is 18.4 Å². The van der Waals surface area contributed by atoms with Crippen molar-refractivity contribution in [1.29, 1.82) is 0 Å². The molecular formula is C25H24N6O3S. The van der Waals surface area contributed by atoms with Gasteiger partial charge in [-0.1, -0.05) is 18.2 Å². The first-order valence-corrected chi connectivity index (χ1v) is 11.7. The van der Waals surface area contributed by atoms with E-state index >= 15 is 0 Å². The molecule has 0 radical (unpaired) electrons. The SMILES string of the molecule is NCCOc1cc(-c2cccc(-c3csc(NC(=O)CNC(=O)c4ccc(N)cc4)n3)c2)ccn1. The average molecular weight is 489 g/mol. The fraction of sp³-hybridized carbons (Fsp3) is 0.120. The topological polar surface area (TPSA) is 145 Å². The first kappa shape index (κ1) is 23.9. The number of pyridine rings is 1. The molecule has 0 unspecified atom stereocenters. The van der Waals surface area contributed by atoms with E-state index in [1.165, 1.54) is 11.3 Å². The van der Waals surface area contributed by atoms with Crippen molar-refractivity contribution in [3.8, 4) is 28.3 Å². The largest absolute Gasteiger partial charge is 0.476 e. The molecule has 0 aliphatic heterocycles. The lowest BCUT2D eigenvalue weighted by molar-refractivity contribution is -0.115. The minimum Gasteiger partial charge on any atom is -0.476 e. The summed E-state index contributed by atoms with van der Waals surface area (Å²) >= 11 is 1.31. The van der Waals surface area contributed by atoms with Crippen LogP contribution < -0.4 is 26.8 Å². The molecule has 4 rings (SSSR count). The summed E-state index contributed by atoms with van der Waals surface area (Å²) in [5.41, 5.74) is 15.7. The molecule has 2 aromatic heterocycles. The number of nitrogen functional groups attached to an aromatic ring is 1. The lowest BCUT2D eigenvalue weighted by Crippen LogP contribution is -2.32. The molecule has 9 nitrogen and oxygen atoms in total. The molecule has 178 valence electrons. The predicted octanol–water partition coefficient (Wildman–Crippen LogP) is 3.16. The van der Waals surface area contributed by atoms with Crippen molar-refractivity contribution in [1.82, 2.24) is 15.3 Å². The normalized spacial score (nSPS) is 10.5. The number of benzene rings is 2. The Morgan fingerprint density at radius 3 is 2.57 bits per heavy atom. The third-order valence-corrected chi connectivity index (χ3v) is 5.68. The first-order valence-electron chi connectivity index (χ1n) is 10.8. The molecule has 0 aliphatic carbocycles. The number of rotatable bonds is 9. The van der Waals surface area contributed by atoms with Crippen LogP contribution in [0.4, 0.5) is 10.8 Å². The highest BCUT2D eigenvalue weighted by Gasteiger charge is 2.12. The number of thiazole rings is 1. The quantitative estimate of drug-likeness (QED) is 0.265. The molecule has 2 amide bonds. The Hall–Kier alpha value is -4.28. The Balaban J connectivity index is 1.38. The van der Waals surface area contributed by atoms with Gasteiger partial charge in [0.05, 0.1) is 12.2 Å². The first-order chi connectivity index (χ1) is 17.0. The van der Waals surface area contributed by atoms with E-state index < -0.39 is 0 Å². The van der Waals surface area contributed by atoms with Gasteiger partial charge in [0.1, 0.15) is 6.61 Å². The van der Waals surface area contributed by atoms with E-state index in [0.717, 1.165) is 22.4 Å². The molecule has 2 aromatic carbocycles. The Bertz CT molecular complexity index is 1320. The third-order valence-electron chi connectivity index (χ3n) is 4.93. The molecule has 6 N–H and O–H groups in total. The second kappa shape index (κ2) is 11.2. The van der Waals surface area contributed by atoms with Crippen LogP contribution in [0, 0.1) is 0 Å². The Labute approximate surface area is 206 Å². The average Bonchev–Trinajstić information content (AvgIpc) is 3.35. The molecule has 0 saturated carbocycles. The number of carbonyl (C=O) groups is 2. The van der Waals surface area contributed by atoms with E-state index in [1.807, 2.05) is 41.8 Å². The zero-order valence-electron chi connectivity index (χ0n) is 18.7. The van der Waals surface area contributed by atoms with E-state index in [0.29, 0.717) is 35.4 Å². The number of nitrogens with two attached hydrogens (primary N) is 2. The fourth-order valence-corrected chi connectivity index (χ4v) is 3.95. The maximum absolute atomic E-state index is 12.3. The van der Waals surface area contributed by atoms with Gasteiger partial charge in [-0.25, -0.2) is 9.97 Å². The van der Waals surface area contributed by atoms with Crippen molar-refractivity contribution in [2.24, 2.45) is 5.73 Å². The van der Waals surface area contributed by atoms with Crippen LogP contribution >= 0.6 is 11.3 Å². The monoisotopic (exact) mass is 488 g/mol. The minimum absolute atomic E-state index is 0.176. The number of hydrogen-bond acceptors (Lipinski definition) is 8. The Kier molecular flexibility index (Phi) is 7.66. The van der Waals surface area contributed by atoms with Crippen LogP contribution in [0.15, 0.2) is 72.2 Å². The van der Waals surface area contributed by atoms with Gasteiger partial charge in [0.15, 0.2) is 5.13 Å². The number of nitrogens with zero attached hydrogens (tertiary/aromatic N) is 2. The number of amides is 2. The number of nitrogens with one attached hydrogen (secondary N) is 2. The van der Waals surface area contributed by atoms with Gasteiger partial charge in [-0.3, -0.25) is 9.59 Å². The lowest BCUT2D eigenvalue weighted by atomic mass is 10.0. The van der Waals surface area contributed by atoms with Crippen LogP contribution in [0.2, 0.25) is 0 Å². The zero-order chi connectivity index (χ0) is 24.6. The van der Waals surface area contributed by atoms with Gasteiger partial charge < -0.3 is 26.8 Å². The minimum atomic E-state index is -0.370. The van der Waals surface area contributed by atoms with Crippen LogP contribution in [0.3, 0.4) is 0 Å². The smallest absolute Gasteiger partial charge is 0.251 e. The van der Waals surface area contributed by atoms with Crippen LogP contribution in [0.1, 0.15) is 10.4 Å². The molecule has 35 heavy (non-hydrogen) atoms. The van der Waals surface area contributed by atoms with Gasteiger partial charge >= 0.3 is 0 Å². The van der Waals surface area contributed by atoms with E-state index in [4.69, 9.17) is 16.2 Å². The summed E-state index contributed by atoms with van der Waals surface area (Å²) in [6, 6.07) is 18.1. The maximum atomic E-state index is 12.3. The summed E-state index contributed by atoms with van der Waals surface area (Å²) in [4.78, 5) is 33.2. The standard InChI is InChI=1S/C25H24N6O3S/c26-9-11-34-23-13-18(8-10-28-23)17-2-1-3-19(12-17)21-15-35-25(30-21)31-22(32)14-29-24(33)16-4-6-20(27)7-5-16/h1-8,10,12-13,15H,9,11,14,26-27H2,(H,29,33)(H,30,31,32). The van der Waals surface area contributed by atoms with E-state index in [1.54, 1.807) is 30.5 Å². The van der Waals surface area contributed by atoms with Crippen molar-refractivity contribution in [2.45, 2.75) is 0 Å². The number of carbonyl (C=O) groups excluding carboxylic acids is 2. The van der Waals surface area contributed by atoms with Crippen LogP contribution in [-0.2, 0) is 4.79 Å². The van der Waals surface area contributed by atoms with Gasteiger partial charge in [0.25, 0.3) is 5.91 Å². The van der Waals surface area contributed by atoms with Gasteiger partial charge in [-0.2, -0.15) is 0 Å². The molecule has 0 aliphatic rings. The van der Waals surface area contributed by atoms with Crippen molar-refractivity contribution >= 4 is 34.0 Å². The van der Waals surface area contributed by atoms with Crippen molar-refractivity contribution in [2.75, 3.05) is 30.7 Å². The van der Waals surface area contributed by atoms with Crippen LogP contribution in [0.25, 0.3) is 22.4 Å². The third kappa shape index (κ3) is 6.40.